The molecule has 0 radical (unpaired) electrons. The van der Waals surface area contributed by atoms with Gasteiger partial charge in [-0.2, -0.15) is 35.8 Å². The fourth-order valence-corrected chi connectivity index (χ4v) is 4.68. The first kappa shape index (κ1) is 26.7. The third-order valence-corrected chi connectivity index (χ3v) is 6.55. The molecule has 5 rings (SSSR count). The van der Waals surface area contributed by atoms with Crippen LogP contribution in [0.2, 0.25) is 0 Å². The Morgan fingerprint density at radius 1 is 1.03 bits per heavy atom. The summed E-state index contributed by atoms with van der Waals surface area (Å²) in [5.41, 5.74) is 1.19. The highest BCUT2D eigenvalue weighted by Crippen LogP contribution is 2.37. The molecule has 5 aromatic rings. The van der Waals surface area contributed by atoms with Crippen molar-refractivity contribution in [2.24, 2.45) is 7.05 Å². The summed E-state index contributed by atoms with van der Waals surface area (Å²) in [7, 11) is 1.64. The molecule has 0 saturated heterocycles. The Morgan fingerprint density at radius 2 is 1.74 bits per heavy atom. The van der Waals surface area contributed by atoms with Crippen LogP contribution in [0.1, 0.15) is 12.6 Å². The number of halogens is 7. The van der Waals surface area contributed by atoms with Gasteiger partial charge in [0.2, 0.25) is 0 Å². The van der Waals surface area contributed by atoms with Crippen molar-refractivity contribution >= 4 is 28.4 Å². The molecule has 204 valence electrons. The maximum Gasteiger partial charge on any atom is 0.461 e. The lowest BCUT2D eigenvalue weighted by atomic mass is 10.1. The molecule has 0 aliphatic heterocycles. The Hall–Kier alpha value is -3.88. The number of ether oxygens (including phenoxy) is 1. The molecule has 39 heavy (non-hydrogen) atoms. The minimum absolute atomic E-state index is 0.0916. The summed E-state index contributed by atoms with van der Waals surface area (Å²) in [5, 5.41) is 5.16. The van der Waals surface area contributed by atoms with E-state index in [9.17, 15) is 30.7 Å². The number of aromatic nitrogens is 6. The molecule has 0 unspecified atom stereocenters. The number of alkyl halides is 7. The molecule has 15 heteroatoms. The van der Waals surface area contributed by atoms with Gasteiger partial charge in [-0.15, -0.1) is 11.8 Å². The van der Waals surface area contributed by atoms with Crippen molar-refractivity contribution in [1.29, 1.82) is 0 Å². The van der Waals surface area contributed by atoms with Gasteiger partial charge in [-0.1, -0.05) is 6.92 Å². The molecular formula is C24H17F7N6OS. The highest BCUT2D eigenvalue weighted by Gasteiger charge is 2.44. The maximum atomic E-state index is 13.3. The molecular weight excluding hydrogens is 553 g/mol. The van der Waals surface area contributed by atoms with E-state index in [-0.39, 0.29) is 5.52 Å². The van der Waals surface area contributed by atoms with Crippen molar-refractivity contribution in [3.05, 3.63) is 54.5 Å². The van der Waals surface area contributed by atoms with Crippen LogP contribution in [-0.4, -0.2) is 47.4 Å². The van der Waals surface area contributed by atoms with E-state index in [0.29, 0.717) is 44.6 Å². The standard InChI is InChI=1S/C24H17F7N6OS/c1-3-39-21-18(20-34-14-10-17(23(27,28)29)33-11-16(14)36(20)2)19-32-9-8-15(37(19)35-21)12-4-6-13(7-5-12)38-24(30,31)22(25)26/h4-11,22H,3H2,1-2H3. The molecule has 4 aromatic heterocycles. The van der Waals surface area contributed by atoms with Gasteiger partial charge < -0.3 is 9.30 Å². The smallest absolute Gasteiger partial charge is 0.428 e. The van der Waals surface area contributed by atoms with E-state index in [1.807, 2.05) is 6.92 Å². The first-order valence-corrected chi connectivity index (χ1v) is 12.2. The molecule has 0 spiro atoms. The zero-order valence-electron chi connectivity index (χ0n) is 20.0. The maximum absolute atomic E-state index is 13.3. The first-order valence-electron chi connectivity index (χ1n) is 11.3. The van der Waals surface area contributed by atoms with E-state index in [1.165, 1.54) is 34.6 Å². The van der Waals surface area contributed by atoms with Crippen LogP contribution in [0.25, 0.3) is 39.3 Å². The van der Waals surface area contributed by atoms with Crippen molar-refractivity contribution in [3.8, 4) is 28.4 Å². The van der Waals surface area contributed by atoms with Crippen molar-refractivity contribution in [2.75, 3.05) is 5.75 Å². The van der Waals surface area contributed by atoms with Crippen LogP contribution < -0.4 is 4.74 Å². The second-order valence-electron chi connectivity index (χ2n) is 8.22. The lowest BCUT2D eigenvalue weighted by Gasteiger charge is -2.16. The molecule has 0 aliphatic rings. The monoisotopic (exact) mass is 570 g/mol. The van der Waals surface area contributed by atoms with Crippen molar-refractivity contribution in [2.45, 2.75) is 30.7 Å². The van der Waals surface area contributed by atoms with Gasteiger partial charge in [-0.25, -0.2) is 19.5 Å². The van der Waals surface area contributed by atoms with E-state index in [0.717, 1.165) is 24.4 Å². The number of aryl methyl sites for hydroxylation is 1. The molecule has 0 bridgehead atoms. The Balaban J connectivity index is 1.62. The molecule has 7 nitrogen and oxygen atoms in total. The molecule has 0 saturated carbocycles. The van der Waals surface area contributed by atoms with Gasteiger partial charge in [0.1, 0.15) is 22.3 Å². The summed E-state index contributed by atoms with van der Waals surface area (Å²) in [4.78, 5) is 12.4. The molecule has 4 heterocycles. The van der Waals surface area contributed by atoms with Gasteiger partial charge in [-0.05, 0) is 42.2 Å². The van der Waals surface area contributed by atoms with Crippen LogP contribution in [0.15, 0.2) is 53.8 Å². The zero-order valence-corrected chi connectivity index (χ0v) is 20.9. The van der Waals surface area contributed by atoms with Crippen LogP contribution in [0.4, 0.5) is 30.7 Å². The summed E-state index contributed by atoms with van der Waals surface area (Å²) >= 11 is 1.37. The predicted octanol–water partition coefficient (Wildman–Crippen LogP) is 6.71. The van der Waals surface area contributed by atoms with E-state index in [1.54, 1.807) is 17.7 Å². The highest BCUT2D eigenvalue weighted by atomic mass is 32.2. The van der Waals surface area contributed by atoms with Gasteiger partial charge in [0, 0.05) is 18.8 Å². The van der Waals surface area contributed by atoms with E-state index in [4.69, 9.17) is 0 Å². The molecule has 0 fully saturated rings. The number of imidazole rings is 1. The summed E-state index contributed by atoms with van der Waals surface area (Å²) in [5.74, 6) is 0.476. The van der Waals surface area contributed by atoms with E-state index < -0.39 is 30.2 Å². The van der Waals surface area contributed by atoms with Gasteiger partial charge in [0.05, 0.1) is 28.5 Å². The van der Waals surface area contributed by atoms with Crippen LogP contribution in [0.3, 0.4) is 0 Å². The third-order valence-electron chi connectivity index (χ3n) is 5.71. The Morgan fingerprint density at radius 3 is 2.38 bits per heavy atom. The topological polar surface area (TPSA) is 70.1 Å². The second-order valence-corrected chi connectivity index (χ2v) is 9.47. The largest absolute Gasteiger partial charge is 0.461 e. The Labute approximate surface area is 219 Å². The number of hydrogen-bond acceptors (Lipinski definition) is 6. The quantitative estimate of drug-likeness (QED) is 0.160. The van der Waals surface area contributed by atoms with Crippen molar-refractivity contribution in [3.63, 3.8) is 0 Å². The van der Waals surface area contributed by atoms with E-state index in [2.05, 4.69) is 24.8 Å². The number of fused-ring (bicyclic) bond motifs is 2. The average molecular weight is 570 g/mol. The highest BCUT2D eigenvalue weighted by molar-refractivity contribution is 7.99. The van der Waals surface area contributed by atoms with Gasteiger partial charge in [-0.3, -0.25) is 0 Å². The lowest BCUT2D eigenvalue weighted by molar-refractivity contribution is -0.253. The van der Waals surface area contributed by atoms with Gasteiger partial charge in [0.25, 0.3) is 0 Å². The summed E-state index contributed by atoms with van der Waals surface area (Å²) in [6, 6.07) is 7.54. The fourth-order valence-electron chi connectivity index (χ4n) is 3.94. The molecule has 0 amide bonds. The Kier molecular flexibility index (Phi) is 6.64. The number of hydrogen-bond donors (Lipinski definition) is 0. The summed E-state index contributed by atoms with van der Waals surface area (Å²) in [6.45, 7) is 1.90. The molecule has 0 atom stereocenters. The summed E-state index contributed by atoms with van der Waals surface area (Å²) in [6.07, 6.45) is -10.7. The number of rotatable bonds is 7. The number of nitrogens with zero attached hydrogens (tertiary/aromatic N) is 6. The number of pyridine rings is 1. The summed E-state index contributed by atoms with van der Waals surface area (Å²) < 4.78 is 98.3. The number of benzene rings is 1. The van der Waals surface area contributed by atoms with E-state index >= 15 is 0 Å². The SMILES string of the molecule is CCSc1nn2c(-c3ccc(OC(F)(F)C(F)F)cc3)ccnc2c1-c1nc2cc(C(F)(F)F)ncc2n1C. The number of thioether (sulfide) groups is 1. The van der Waals surface area contributed by atoms with Crippen LogP contribution in [-0.2, 0) is 13.2 Å². The van der Waals surface area contributed by atoms with Crippen molar-refractivity contribution in [1.82, 2.24) is 29.1 Å². The fraction of sp³-hybridized carbons (Fsp3) is 0.250. The Bertz CT molecular complexity index is 1660. The molecule has 0 N–H and O–H groups in total. The van der Waals surface area contributed by atoms with Crippen LogP contribution in [0, 0.1) is 0 Å². The zero-order chi connectivity index (χ0) is 28.1. The second kappa shape index (κ2) is 9.70. The molecule has 0 aliphatic carbocycles. The van der Waals surface area contributed by atoms with Gasteiger partial charge in [0.15, 0.2) is 5.65 Å². The molecule has 1 aromatic carbocycles. The minimum atomic E-state index is -4.64. The average Bonchev–Trinajstić information content (AvgIpc) is 3.40. The third kappa shape index (κ3) is 4.86. The van der Waals surface area contributed by atoms with Crippen molar-refractivity contribution < 1.29 is 35.5 Å². The van der Waals surface area contributed by atoms with Crippen LogP contribution >= 0.6 is 11.8 Å². The van der Waals surface area contributed by atoms with Crippen LogP contribution in [0.5, 0.6) is 5.75 Å². The first-order chi connectivity index (χ1) is 18.4. The normalized spacial score (nSPS) is 12.7. The minimum Gasteiger partial charge on any atom is -0.428 e. The predicted molar refractivity (Wildman–Crippen MR) is 129 cm³/mol. The lowest BCUT2D eigenvalue weighted by Crippen LogP contribution is -2.33. The van der Waals surface area contributed by atoms with Gasteiger partial charge >= 0.3 is 18.7 Å².